The number of hydrogen-bond acceptors (Lipinski definition) is 5. The Bertz CT molecular complexity index is 438. The first-order valence-electron chi connectivity index (χ1n) is 5.74. The van der Waals surface area contributed by atoms with Crippen LogP contribution in [-0.4, -0.2) is 31.5 Å². The lowest BCUT2D eigenvalue weighted by atomic mass is 10.4. The first-order chi connectivity index (χ1) is 8.38. The minimum absolute atomic E-state index is 0.557. The van der Waals surface area contributed by atoms with Crippen LogP contribution in [0.4, 0.5) is 0 Å². The van der Waals surface area contributed by atoms with Gasteiger partial charge in [0.2, 0.25) is 0 Å². The van der Waals surface area contributed by atoms with Gasteiger partial charge in [0, 0.05) is 18.9 Å². The molecule has 6 heteroatoms. The van der Waals surface area contributed by atoms with Crippen LogP contribution in [0.25, 0.3) is 0 Å². The van der Waals surface area contributed by atoms with Crippen molar-refractivity contribution in [1.29, 1.82) is 0 Å². The van der Waals surface area contributed by atoms with Crippen LogP contribution in [-0.2, 0) is 13.1 Å². The highest BCUT2D eigenvalue weighted by Crippen LogP contribution is 1.96. The van der Waals surface area contributed by atoms with E-state index in [1.54, 1.807) is 23.1 Å². The lowest BCUT2D eigenvalue weighted by molar-refractivity contribution is 0.623. The SMILES string of the molecule is CCCNCc1cn(Cc2ncccn2)nn1. The van der Waals surface area contributed by atoms with Crippen LogP contribution in [0.5, 0.6) is 0 Å². The van der Waals surface area contributed by atoms with Crippen molar-refractivity contribution in [2.45, 2.75) is 26.4 Å². The molecule has 2 rings (SSSR count). The fourth-order valence-corrected chi connectivity index (χ4v) is 1.45. The summed E-state index contributed by atoms with van der Waals surface area (Å²) in [4.78, 5) is 8.29. The summed E-state index contributed by atoms with van der Waals surface area (Å²) in [5, 5.41) is 11.4. The summed E-state index contributed by atoms with van der Waals surface area (Å²) in [5.74, 6) is 0.741. The van der Waals surface area contributed by atoms with E-state index in [0.29, 0.717) is 6.54 Å². The molecule has 0 aliphatic rings. The Kier molecular flexibility index (Phi) is 4.15. The predicted octanol–water partition coefficient (Wildman–Crippen LogP) is 0.616. The maximum atomic E-state index is 4.14. The molecule has 2 aromatic heterocycles. The largest absolute Gasteiger partial charge is 0.311 e. The van der Waals surface area contributed by atoms with Crippen molar-refractivity contribution >= 4 is 0 Å². The molecule has 0 aliphatic heterocycles. The molecular weight excluding hydrogens is 216 g/mol. The molecule has 2 aromatic rings. The van der Waals surface area contributed by atoms with E-state index in [2.05, 4.69) is 32.5 Å². The van der Waals surface area contributed by atoms with Crippen LogP contribution < -0.4 is 5.32 Å². The molecule has 0 radical (unpaired) electrons. The average Bonchev–Trinajstić information content (AvgIpc) is 2.79. The maximum Gasteiger partial charge on any atom is 0.149 e. The molecule has 90 valence electrons. The molecule has 17 heavy (non-hydrogen) atoms. The molecule has 0 saturated carbocycles. The molecule has 0 aliphatic carbocycles. The number of aromatic nitrogens is 5. The molecular formula is C11H16N6. The van der Waals surface area contributed by atoms with Gasteiger partial charge in [-0.15, -0.1) is 5.10 Å². The minimum atomic E-state index is 0.557. The molecule has 0 bridgehead atoms. The van der Waals surface area contributed by atoms with E-state index in [1.165, 1.54) is 0 Å². The Morgan fingerprint density at radius 2 is 2.12 bits per heavy atom. The Balaban J connectivity index is 1.90. The van der Waals surface area contributed by atoms with E-state index >= 15 is 0 Å². The van der Waals surface area contributed by atoms with Gasteiger partial charge in [0.05, 0.1) is 11.9 Å². The number of nitrogens with one attached hydrogen (secondary N) is 1. The molecule has 0 saturated heterocycles. The van der Waals surface area contributed by atoms with Crippen molar-refractivity contribution in [3.05, 3.63) is 36.2 Å². The lowest BCUT2D eigenvalue weighted by Gasteiger charge is -1.98. The van der Waals surface area contributed by atoms with E-state index in [4.69, 9.17) is 0 Å². The summed E-state index contributed by atoms with van der Waals surface area (Å²) in [5.41, 5.74) is 0.939. The topological polar surface area (TPSA) is 68.5 Å². The van der Waals surface area contributed by atoms with E-state index in [0.717, 1.165) is 31.0 Å². The van der Waals surface area contributed by atoms with Crippen molar-refractivity contribution < 1.29 is 0 Å². The first-order valence-corrected chi connectivity index (χ1v) is 5.74. The molecule has 0 amide bonds. The normalized spacial score (nSPS) is 10.6. The van der Waals surface area contributed by atoms with Crippen molar-refractivity contribution in [3.63, 3.8) is 0 Å². The molecule has 0 aromatic carbocycles. The molecule has 0 spiro atoms. The molecule has 2 heterocycles. The van der Waals surface area contributed by atoms with Crippen molar-refractivity contribution in [3.8, 4) is 0 Å². The van der Waals surface area contributed by atoms with Gasteiger partial charge in [-0.3, -0.25) is 0 Å². The zero-order valence-corrected chi connectivity index (χ0v) is 9.87. The molecule has 1 N–H and O–H groups in total. The van der Waals surface area contributed by atoms with Gasteiger partial charge in [0.25, 0.3) is 0 Å². The van der Waals surface area contributed by atoms with Gasteiger partial charge in [-0.2, -0.15) is 0 Å². The van der Waals surface area contributed by atoms with E-state index in [1.807, 2.05) is 6.20 Å². The Labute approximate surface area is 100 Å². The lowest BCUT2D eigenvalue weighted by Crippen LogP contribution is -2.13. The second-order valence-electron chi connectivity index (χ2n) is 3.75. The standard InChI is InChI=1S/C11H16N6/c1-2-4-12-7-10-8-17(16-15-10)9-11-13-5-3-6-14-11/h3,5-6,8,12H,2,4,7,9H2,1H3. The molecule has 6 nitrogen and oxygen atoms in total. The summed E-state index contributed by atoms with van der Waals surface area (Å²) in [7, 11) is 0. The summed E-state index contributed by atoms with van der Waals surface area (Å²) >= 11 is 0. The summed E-state index contributed by atoms with van der Waals surface area (Å²) in [6.07, 6.45) is 6.48. The van der Waals surface area contributed by atoms with Gasteiger partial charge >= 0.3 is 0 Å². The highest BCUT2D eigenvalue weighted by molar-refractivity contribution is 4.94. The third-order valence-corrected chi connectivity index (χ3v) is 2.24. The quantitative estimate of drug-likeness (QED) is 0.739. The average molecular weight is 232 g/mol. The zero-order valence-electron chi connectivity index (χ0n) is 9.87. The second-order valence-corrected chi connectivity index (χ2v) is 3.75. The number of rotatable bonds is 6. The molecule has 0 atom stereocenters. The van der Waals surface area contributed by atoms with E-state index in [9.17, 15) is 0 Å². The summed E-state index contributed by atoms with van der Waals surface area (Å²) < 4.78 is 1.75. The fraction of sp³-hybridized carbons (Fsp3) is 0.455. The van der Waals surface area contributed by atoms with Crippen LogP contribution in [0, 0.1) is 0 Å². The van der Waals surface area contributed by atoms with Gasteiger partial charge in [0.1, 0.15) is 12.4 Å². The first kappa shape index (κ1) is 11.7. The van der Waals surface area contributed by atoms with Gasteiger partial charge in [-0.05, 0) is 19.0 Å². The van der Waals surface area contributed by atoms with Crippen LogP contribution in [0.2, 0.25) is 0 Å². The van der Waals surface area contributed by atoms with Crippen LogP contribution in [0.15, 0.2) is 24.7 Å². The number of nitrogens with zero attached hydrogens (tertiary/aromatic N) is 5. The Hall–Kier alpha value is -1.82. The highest BCUT2D eigenvalue weighted by Gasteiger charge is 2.02. The van der Waals surface area contributed by atoms with E-state index in [-0.39, 0.29) is 0 Å². The van der Waals surface area contributed by atoms with Gasteiger partial charge in [-0.1, -0.05) is 12.1 Å². The van der Waals surface area contributed by atoms with Crippen LogP contribution >= 0.6 is 0 Å². The molecule has 0 unspecified atom stereocenters. The van der Waals surface area contributed by atoms with Crippen molar-refractivity contribution in [2.75, 3.05) is 6.54 Å². The summed E-state index contributed by atoms with van der Waals surface area (Å²) in [6.45, 7) is 4.44. The van der Waals surface area contributed by atoms with E-state index < -0.39 is 0 Å². The monoisotopic (exact) mass is 232 g/mol. The Morgan fingerprint density at radius 1 is 1.29 bits per heavy atom. The predicted molar refractivity (Wildman–Crippen MR) is 63.2 cm³/mol. The van der Waals surface area contributed by atoms with Gasteiger partial charge in [-0.25, -0.2) is 14.6 Å². The fourth-order valence-electron chi connectivity index (χ4n) is 1.45. The zero-order chi connectivity index (χ0) is 11.9. The van der Waals surface area contributed by atoms with Gasteiger partial charge in [0.15, 0.2) is 0 Å². The third kappa shape index (κ3) is 3.60. The Morgan fingerprint density at radius 3 is 2.88 bits per heavy atom. The van der Waals surface area contributed by atoms with Crippen molar-refractivity contribution in [1.82, 2.24) is 30.3 Å². The molecule has 0 fully saturated rings. The van der Waals surface area contributed by atoms with Crippen LogP contribution in [0.3, 0.4) is 0 Å². The van der Waals surface area contributed by atoms with Crippen LogP contribution in [0.1, 0.15) is 24.9 Å². The third-order valence-electron chi connectivity index (χ3n) is 2.24. The number of hydrogen-bond donors (Lipinski definition) is 1. The summed E-state index contributed by atoms with van der Waals surface area (Å²) in [6, 6.07) is 1.80. The second kappa shape index (κ2) is 6.05. The van der Waals surface area contributed by atoms with Gasteiger partial charge < -0.3 is 5.32 Å². The van der Waals surface area contributed by atoms with Crippen molar-refractivity contribution in [2.24, 2.45) is 0 Å². The minimum Gasteiger partial charge on any atom is -0.311 e. The smallest absolute Gasteiger partial charge is 0.149 e. The highest BCUT2D eigenvalue weighted by atomic mass is 15.4. The maximum absolute atomic E-state index is 4.14.